The number of morpholine rings is 1. The Morgan fingerprint density at radius 1 is 0.972 bits per heavy atom. The fraction of sp³-hybridized carbons (Fsp3) is 0.321. The second kappa shape index (κ2) is 10.1. The number of nitrogens with one attached hydrogen (secondary N) is 1. The van der Waals surface area contributed by atoms with Gasteiger partial charge in [-0.2, -0.15) is 0 Å². The van der Waals surface area contributed by atoms with Gasteiger partial charge in [0, 0.05) is 42.9 Å². The average Bonchev–Trinajstić information content (AvgIpc) is 3.61. The van der Waals surface area contributed by atoms with Crippen molar-refractivity contribution in [3.63, 3.8) is 0 Å². The summed E-state index contributed by atoms with van der Waals surface area (Å²) in [5, 5.41) is 4.31. The number of carbonyl (C=O) groups is 1. The zero-order chi connectivity index (χ0) is 24.3. The molecule has 0 unspecified atom stereocenters. The summed E-state index contributed by atoms with van der Waals surface area (Å²) in [5.74, 6) is 1.44. The van der Waals surface area contributed by atoms with Gasteiger partial charge in [0.05, 0.1) is 24.7 Å². The molecule has 0 radical (unpaired) electrons. The Hall–Kier alpha value is -3.75. The van der Waals surface area contributed by atoms with Crippen LogP contribution in [0.15, 0.2) is 65.3 Å². The fourth-order valence-electron chi connectivity index (χ4n) is 4.88. The molecule has 184 valence electrons. The van der Waals surface area contributed by atoms with E-state index in [0.717, 1.165) is 47.3 Å². The molecule has 1 atom stereocenters. The number of benzene rings is 2. The molecular weight excluding hydrogens is 456 g/mol. The second-order valence-electron chi connectivity index (χ2n) is 9.07. The summed E-state index contributed by atoms with van der Waals surface area (Å²) in [7, 11) is 0. The smallest absolute Gasteiger partial charge is 0.254 e. The van der Waals surface area contributed by atoms with Crippen LogP contribution < -0.4 is 5.32 Å². The predicted octanol–water partition coefficient (Wildman–Crippen LogP) is 4.62. The van der Waals surface area contributed by atoms with Gasteiger partial charge in [-0.3, -0.25) is 4.79 Å². The number of amides is 1. The molecule has 1 N–H and O–H groups in total. The molecule has 2 aliphatic heterocycles. The van der Waals surface area contributed by atoms with Gasteiger partial charge in [0.25, 0.3) is 5.91 Å². The van der Waals surface area contributed by atoms with Crippen LogP contribution in [0.4, 0.5) is 5.82 Å². The normalized spacial score (nSPS) is 18.0. The quantitative estimate of drug-likeness (QED) is 0.427. The van der Waals surface area contributed by atoms with E-state index < -0.39 is 0 Å². The molecule has 2 saturated heterocycles. The third kappa shape index (κ3) is 4.45. The molecule has 36 heavy (non-hydrogen) atoms. The van der Waals surface area contributed by atoms with Gasteiger partial charge < -0.3 is 24.1 Å². The maximum atomic E-state index is 12.9. The molecule has 8 heteroatoms. The molecule has 0 aliphatic carbocycles. The highest BCUT2D eigenvalue weighted by molar-refractivity contribution is 6.06. The molecule has 4 heterocycles. The van der Waals surface area contributed by atoms with Crippen molar-refractivity contribution in [2.45, 2.75) is 18.9 Å². The van der Waals surface area contributed by atoms with Gasteiger partial charge in [0.2, 0.25) is 5.71 Å². The first-order valence-corrected chi connectivity index (χ1v) is 12.4. The molecule has 6 rings (SSSR count). The molecule has 0 spiro atoms. The third-order valence-electron chi connectivity index (χ3n) is 6.76. The first kappa shape index (κ1) is 22.7. The van der Waals surface area contributed by atoms with E-state index in [4.69, 9.17) is 13.9 Å². The van der Waals surface area contributed by atoms with Gasteiger partial charge in [-0.05, 0) is 30.5 Å². The van der Waals surface area contributed by atoms with E-state index in [1.165, 1.54) is 6.33 Å². The first-order valence-electron chi connectivity index (χ1n) is 12.4. The van der Waals surface area contributed by atoms with Gasteiger partial charge in [0.15, 0.2) is 0 Å². The molecule has 2 aromatic carbocycles. The fourth-order valence-corrected chi connectivity index (χ4v) is 4.88. The van der Waals surface area contributed by atoms with Gasteiger partial charge in [0.1, 0.15) is 17.9 Å². The highest BCUT2D eigenvalue weighted by Gasteiger charge is 2.24. The zero-order valence-corrected chi connectivity index (χ0v) is 20.0. The van der Waals surface area contributed by atoms with E-state index in [1.807, 2.05) is 47.4 Å². The van der Waals surface area contributed by atoms with Crippen molar-refractivity contribution in [3.8, 4) is 22.5 Å². The molecule has 0 saturated carbocycles. The monoisotopic (exact) mass is 484 g/mol. The van der Waals surface area contributed by atoms with Crippen LogP contribution in [0.25, 0.3) is 33.6 Å². The van der Waals surface area contributed by atoms with E-state index in [1.54, 1.807) is 0 Å². The highest BCUT2D eigenvalue weighted by Crippen LogP contribution is 2.42. The number of rotatable bonds is 6. The lowest BCUT2D eigenvalue weighted by molar-refractivity contribution is 0.0303. The van der Waals surface area contributed by atoms with E-state index >= 15 is 0 Å². The molecule has 2 aromatic heterocycles. The first-order chi connectivity index (χ1) is 17.8. The Bertz CT molecular complexity index is 1340. The molecule has 4 aromatic rings. The van der Waals surface area contributed by atoms with Crippen LogP contribution in [-0.2, 0) is 9.47 Å². The minimum Gasteiger partial charge on any atom is -0.437 e. The van der Waals surface area contributed by atoms with Gasteiger partial charge in [-0.25, -0.2) is 9.97 Å². The van der Waals surface area contributed by atoms with Crippen molar-refractivity contribution in [2.24, 2.45) is 0 Å². The molecular formula is C28H28N4O4. The standard InChI is InChI=1S/C28H28N4O4/c33-28(32-12-15-34-16-13-32)21-10-8-20(9-11-21)25-23(19-5-2-1-3-6-19)24-26(30-18-31-27(24)36-25)29-17-22-7-4-14-35-22/h1-3,5-6,8-11,18,22H,4,7,12-17H2,(H,29,30,31)/t22-/m0/s1. The van der Waals surface area contributed by atoms with Gasteiger partial charge in [-0.1, -0.05) is 42.5 Å². The van der Waals surface area contributed by atoms with Gasteiger partial charge >= 0.3 is 0 Å². The summed E-state index contributed by atoms with van der Waals surface area (Å²) in [6.07, 6.45) is 3.82. The summed E-state index contributed by atoms with van der Waals surface area (Å²) in [5.41, 5.74) is 3.97. The van der Waals surface area contributed by atoms with Crippen LogP contribution in [-0.4, -0.2) is 66.3 Å². The number of hydrogen-bond donors (Lipinski definition) is 1. The Kier molecular flexibility index (Phi) is 6.36. The predicted molar refractivity (Wildman–Crippen MR) is 137 cm³/mol. The van der Waals surface area contributed by atoms with Crippen LogP contribution in [0, 0.1) is 0 Å². The van der Waals surface area contributed by atoms with Crippen LogP contribution in [0.2, 0.25) is 0 Å². The third-order valence-corrected chi connectivity index (χ3v) is 6.76. The molecule has 2 aliphatic rings. The summed E-state index contributed by atoms with van der Waals surface area (Å²) in [6.45, 7) is 3.87. The highest BCUT2D eigenvalue weighted by atomic mass is 16.5. The number of carbonyl (C=O) groups excluding carboxylic acids is 1. The van der Waals surface area contributed by atoms with Crippen LogP contribution in [0.1, 0.15) is 23.2 Å². The maximum Gasteiger partial charge on any atom is 0.254 e. The Balaban J connectivity index is 1.39. The molecule has 1 amide bonds. The van der Waals surface area contributed by atoms with Gasteiger partial charge in [-0.15, -0.1) is 0 Å². The number of fused-ring (bicyclic) bond motifs is 1. The lowest BCUT2D eigenvalue weighted by atomic mass is 9.98. The molecule has 8 nitrogen and oxygen atoms in total. The summed E-state index contributed by atoms with van der Waals surface area (Å²) in [6, 6.07) is 17.7. The number of aromatic nitrogens is 2. The Labute approximate surface area is 209 Å². The zero-order valence-electron chi connectivity index (χ0n) is 20.0. The summed E-state index contributed by atoms with van der Waals surface area (Å²) >= 11 is 0. The number of anilines is 1. The van der Waals surface area contributed by atoms with Crippen molar-refractivity contribution < 1.29 is 18.7 Å². The number of nitrogens with zero attached hydrogens (tertiary/aromatic N) is 3. The summed E-state index contributed by atoms with van der Waals surface area (Å²) in [4.78, 5) is 23.7. The number of hydrogen-bond acceptors (Lipinski definition) is 7. The summed E-state index contributed by atoms with van der Waals surface area (Å²) < 4.78 is 17.5. The van der Waals surface area contributed by atoms with Crippen LogP contribution >= 0.6 is 0 Å². The van der Waals surface area contributed by atoms with Crippen molar-refractivity contribution >= 4 is 22.8 Å². The van der Waals surface area contributed by atoms with Crippen LogP contribution in [0.5, 0.6) is 0 Å². The lowest BCUT2D eigenvalue weighted by Crippen LogP contribution is -2.40. The van der Waals surface area contributed by atoms with E-state index in [9.17, 15) is 4.79 Å². The van der Waals surface area contributed by atoms with Crippen molar-refractivity contribution in [2.75, 3.05) is 44.8 Å². The number of ether oxygens (including phenoxy) is 2. The van der Waals surface area contributed by atoms with E-state index in [2.05, 4.69) is 27.4 Å². The van der Waals surface area contributed by atoms with E-state index in [-0.39, 0.29) is 12.0 Å². The molecule has 2 fully saturated rings. The maximum absolute atomic E-state index is 12.9. The topological polar surface area (TPSA) is 89.7 Å². The Morgan fingerprint density at radius 3 is 2.53 bits per heavy atom. The molecule has 0 bridgehead atoms. The lowest BCUT2D eigenvalue weighted by Gasteiger charge is -2.26. The second-order valence-corrected chi connectivity index (χ2v) is 9.07. The largest absolute Gasteiger partial charge is 0.437 e. The van der Waals surface area contributed by atoms with Crippen LogP contribution in [0.3, 0.4) is 0 Å². The van der Waals surface area contributed by atoms with Crippen molar-refractivity contribution in [1.29, 1.82) is 0 Å². The Morgan fingerprint density at radius 2 is 1.78 bits per heavy atom. The van der Waals surface area contributed by atoms with Crippen molar-refractivity contribution in [1.82, 2.24) is 14.9 Å². The minimum atomic E-state index is 0.0178. The van der Waals surface area contributed by atoms with Crippen molar-refractivity contribution in [3.05, 3.63) is 66.5 Å². The minimum absolute atomic E-state index is 0.0178. The van der Waals surface area contributed by atoms with E-state index in [0.29, 0.717) is 49.9 Å². The average molecular weight is 485 g/mol. The SMILES string of the molecule is O=C(c1ccc(-c2oc3ncnc(NC[C@@H]4CCCO4)c3c2-c2ccccc2)cc1)N1CCOCC1. The number of furan rings is 1.